The largest absolute Gasteiger partial charge is 0.490 e. The molecule has 3 aliphatic rings. The van der Waals surface area contributed by atoms with Gasteiger partial charge >= 0.3 is 6.18 Å². The molecule has 244 valence electrons. The van der Waals surface area contributed by atoms with Gasteiger partial charge in [-0.05, 0) is 98.2 Å². The number of carbonyl (C=O) groups is 1. The van der Waals surface area contributed by atoms with Crippen molar-refractivity contribution in [3.63, 3.8) is 0 Å². The Morgan fingerprint density at radius 1 is 1.18 bits per heavy atom. The second-order valence-corrected chi connectivity index (χ2v) is 14.7. The zero-order valence-corrected chi connectivity index (χ0v) is 26.4. The van der Waals surface area contributed by atoms with Gasteiger partial charge in [0.05, 0.1) is 18.4 Å². The van der Waals surface area contributed by atoms with Gasteiger partial charge in [-0.15, -0.1) is 13.2 Å². The van der Waals surface area contributed by atoms with Crippen molar-refractivity contribution in [2.75, 3.05) is 24.6 Å². The van der Waals surface area contributed by atoms with Crippen molar-refractivity contribution in [2.24, 2.45) is 11.8 Å². The number of hydrogen-bond acceptors (Lipinski definition) is 6. The number of anilines is 1. The molecule has 2 aromatic rings. The highest BCUT2D eigenvalue weighted by Gasteiger charge is 2.49. The molecule has 2 aliphatic carbocycles. The lowest BCUT2D eigenvalue weighted by Crippen LogP contribution is -2.49. The van der Waals surface area contributed by atoms with Crippen molar-refractivity contribution in [3.05, 3.63) is 83.4 Å². The maximum atomic E-state index is 13.5. The van der Waals surface area contributed by atoms with E-state index < -0.39 is 45.3 Å². The van der Waals surface area contributed by atoms with E-state index in [0.717, 1.165) is 49.3 Å². The van der Waals surface area contributed by atoms with Gasteiger partial charge in [-0.1, -0.05) is 29.8 Å². The molecule has 1 amide bonds. The number of hydrogen-bond donors (Lipinski definition) is 2. The fourth-order valence-electron chi connectivity index (χ4n) is 7.06. The van der Waals surface area contributed by atoms with Crippen molar-refractivity contribution in [1.29, 1.82) is 0 Å². The number of nitrogens with zero attached hydrogens (tertiary/aromatic N) is 1. The van der Waals surface area contributed by atoms with Crippen LogP contribution in [0.4, 0.5) is 18.9 Å². The highest BCUT2D eigenvalue weighted by molar-refractivity contribution is 7.90. The van der Waals surface area contributed by atoms with Crippen LogP contribution < -0.4 is 14.4 Å². The minimum absolute atomic E-state index is 0.0600. The number of sulfonamides is 1. The van der Waals surface area contributed by atoms with Crippen LogP contribution >= 0.6 is 11.6 Å². The number of nitrogens with one attached hydrogen (secondary N) is 1. The third-order valence-electron chi connectivity index (χ3n) is 9.49. The number of aliphatic hydroxyl groups is 1. The topological polar surface area (TPSA) is 95.9 Å². The molecular formula is C33H38ClF3N2O5S. The van der Waals surface area contributed by atoms with Crippen LogP contribution in [0.3, 0.4) is 0 Å². The number of amides is 1. The van der Waals surface area contributed by atoms with Crippen molar-refractivity contribution < 1.29 is 36.2 Å². The number of alkyl halides is 3. The SMILES string of the molecule is C=CC[C@H](C(F)(F)F)S(=O)(=O)NC(=O)c1ccc2c(c1)N(C[C@@H]1CC[C@H]1[C@@H](O)CC=C)C[C@@]1(CCCc3cc(Cl)ccc31)CO2. The number of aliphatic hydroxyl groups excluding tert-OH is 1. The van der Waals surface area contributed by atoms with Gasteiger partial charge in [-0.2, -0.15) is 13.2 Å². The average Bonchev–Trinajstić information content (AvgIpc) is 3.10. The first kappa shape index (κ1) is 33.3. The zero-order chi connectivity index (χ0) is 32.6. The normalized spacial score (nSPS) is 24.2. The van der Waals surface area contributed by atoms with Crippen LogP contribution in [-0.4, -0.2) is 56.7 Å². The summed E-state index contributed by atoms with van der Waals surface area (Å²) in [4.78, 5) is 15.3. The minimum Gasteiger partial charge on any atom is -0.490 e. The summed E-state index contributed by atoms with van der Waals surface area (Å²) in [6, 6.07) is 10.3. The number of rotatable bonds is 10. The van der Waals surface area contributed by atoms with Crippen molar-refractivity contribution in [1.82, 2.24) is 4.72 Å². The van der Waals surface area contributed by atoms with E-state index in [1.807, 2.05) is 18.2 Å². The molecule has 1 aliphatic heterocycles. The molecule has 5 rings (SSSR count). The second kappa shape index (κ2) is 13.0. The molecule has 0 saturated heterocycles. The fraction of sp³-hybridized carbons (Fsp3) is 0.485. The first-order valence-electron chi connectivity index (χ1n) is 15.1. The maximum Gasteiger partial charge on any atom is 0.407 e. The van der Waals surface area contributed by atoms with Gasteiger partial charge in [0.2, 0.25) is 10.0 Å². The van der Waals surface area contributed by atoms with Gasteiger partial charge in [0.1, 0.15) is 5.75 Å². The van der Waals surface area contributed by atoms with E-state index in [-0.39, 0.29) is 17.4 Å². The van der Waals surface area contributed by atoms with Crippen LogP contribution in [-0.2, 0) is 21.9 Å². The molecule has 1 fully saturated rings. The van der Waals surface area contributed by atoms with E-state index in [0.29, 0.717) is 42.6 Å². The van der Waals surface area contributed by atoms with Crippen molar-refractivity contribution in [3.8, 4) is 5.75 Å². The summed E-state index contributed by atoms with van der Waals surface area (Å²) in [5.74, 6) is -0.490. The minimum atomic E-state index is -5.11. The van der Waals surface area contributed by atoms with Crippen molar-refractivity contribution in [2.45, 2.75) is 67.9 Å². The summed E-state index contributed by atoms with van der Waals surface area (Å²) in [6.07, 6.45) is 0.910. The lowest BCUT2D eigenvalue weighted by Gasteiger charge is -2.45. The predicted octanol–water partition coefficient (Wildman–Crippen LogP) is 6.34. The highest BCUT2D eigenvalue weighted by Crippen LogP contribution is 2.47. The number of fused-ring (bicyclic) bond motifs is 3. The first-order valence-corrected chi connectivity index (χ1v) is 17.0. The zero-order valence-electron chi connectivity index (χ0n) is 24.9. The Morgan fingerprint density at radius 2 is 1.93 bits per heavy atom. The van der Waals surface area contributed by atoms with Gasteiger partial charge in [0.25, 0.3) is 5.91 Å². The van der Waals surface area contributed by atoms with Gasteiger partial charge < -0.3 is 14.7 Å². The molecular weight excluding hydrogens is 629 g/mol. The summed E-state index contributed by atoms with van der Waals surface area (Å²) >= 11 is 6.34. The predicted molar refractivity (Wildman–Crippen MR) is 168 cm³/mol. The Labute approximate surface area is 267 Å². The number of benzene rings is 2. The lowest BCUT2D eigenvalue weighted by atomic mass is 9.68. The van der Waals surface area contributed by atoms with E-state index >= 15 is 0 Å². The quantitative estimate of drug-likeness (QED) is 0.287. The lowest BCUT2D eigenvalue weighted by molar-refractivity contribution is -0.129. The number of halogens is 4. The first-order chi connectivity index (χ1) is 21.3. The summed E-state index contributed by atoms with van der Waals surface area (Å²) in [5, 5.41) is 8.60. The summed E-state index contributed by atoms with van der Waals surface area (Å²) < 4.78 is 74.0. The molecule has 1 saturated carbocycles. The molecule has 45 heavy (non-hydrogen) atoms. The molecule has 7 nitrogen and oxygen atoms in total. The number of aryl methyl sites for hydroxylation is 1. The molecule has 1 spiro atoms. The standard InChI is InChI=1S/C33H38ClF3N2O5S/c1-3-6-28(40)25-12-9-23(25)18-39-19-32(15-5-8-21-16-24(34)11-13-26(21)32)20-44-29-14-10-22(17-27(29)39)31(41)38-45(42,43)30(7-4-2)33(35,36)37/h3-4,10-11,13-14,16-17,23,25,28,30,40H,1-2,5-9,12,15,18-20H2,(H,38,41)/t23-,25+,28-,30+,32-/m0/s1. The Bertz CT molecular complexity index is 1570. The summed E-state index contributed by atoms with van der Waals surface area (Å²) in [6.45, 7) is 8.39. The van der Waals surface area contributed by atoms with Crippen LogP contribution in [0, 0.1) is 11.8 Å². The Kier molecular flexibility index (Phi) is 9.63. The number of ether oxygens (including phenoxy) is 1. The maximum absolute atomic E-state index is 13.5. The van der Waals surface area contributed by atoms with E-state index in [2.05, 4.69) is 18.1 Å². The molecule has 12 heteroatoms. The molecule has 0 aromatic heterocycles. The molecule has 2 aromatic carbocycles. The summed E-state index contributed by atoms with van der Waals surface area (Å²) in [7, 11) is -5.11. The van der Waals surface area contributed by atoms with Crippen LogP contribution in [0.5, 0.6) is 5.75 Å². The van der Waals surface area contributed by atoms with Crippen molar-refractivity contribution >= 4 is 33.2 Å². The van der Waals surface area contributed by atoms with Gasteiger partial charge in [0, 0.05) is 29.1 Å². The number of allylic oxidation sites excluding steroid dienone is 1. The number of carbonyl (C=O) groups excluding carboxylic acids is 1. The molecule has 0 unspecified atom stereocenters. The fourth-order valence-corrected chi connectivity index (χ4v) is 8.51. The molecule has 0 bridgehead atoms. The van der Waals surface area contributed by atoms with E-state index in [1.54, 1.807) is 16.9 Å². The monoisotopic (exact) mass is 666 g/mol. The Hall–Kier alpha value is -3.02. The van der Waals surface area contributed by atoms with E-state index in [4.69, 9.17) is 16.3 Å². The van der Waals surface area contributed by atoms with Gasteiger partial charge in [-0.25, -0.2) is 13.1 Å². The smallest absolute Gasteiger partial charge is 0.407 e. The Morgan fingerprint density at radius 3 is 2.60 bits per heavy atom. The van der Waals surface area contributed by atoms with Gasteiger partial charge in [-0.3, -0.25) is 4.79 Å². The molecule has 0 radical (unpaired) electrons. The van der Waals surface area contributed by atoms with Crippen LogP contribution in [0.15, 0.2) is 61.7 Å². The van der Waals surface area contributed by atoms with Crippen LogP contribution in [0.25, 0.3) is 0 Å². The molecule has 2 N–H and O–H groups in total. The second-order valence-electron chi connectivity index (χ2n) is 12.4. The third kappa shape index (κ3) is 6.90. The summed E-state index contributed by atoms with van der Waals surface area (Å²) in [5.41, 5.74) is 2.30. The van der Waals surface area contributed by atoms with Gasteiger partial charge in [0.15, 0.2) is 5.25 Å². The van der Waals surface area contributed by atoms with Crippen LogP contribution in [0.2, 0.25) is 5.02 Å². The molecule has 5 atom stereocenters. The highest BCUT2D eigenvalue weighted by atomic mass is 35.5. The molecule has 1 heterocycles. The third-order valence-corrected chi connectivity index (χ3v) is 11.4. The van der Waals surface area contributed by atoms with Crippen LogP contribution in [0.1, 0.15) is 60.0 Å². The van der Waals surface area contributed by atoms with E-state index in [1.165, 1.54) is 12.1 Å². The van der Waals surface area contributed by atoms with E-state index in [9.17, 15) is 31.5 Å². The average molecular weight is 667 g/mol. The Balaban J connectivity index is 1.50.